The van der Waals surface area contributed by atoms with E-state index in [-0.39, 0.29) is 0 Å². The van der Waals surface area contributed by atoms with Crippen LogP contribution in [-0.4, -0.2) is 21.9 Å². The standard InChI is InChI=1S/C16H14N2.C14H14N2.C10H11N/c1-11-13-7-3-4-8-14(13)15-9-5-6-10-16(15)18-12(2)17-11;1-9-10(2)12-6-4-8-16-14(12)13-11(9)5-3-7-15-13;1-8-7-9-5-3-4-6-10(9)11(8)2/h3-10H,1H2,2H3,(H,17,18);3,5-7H,4,8H2,1-2H3;3-7H,1-2H3. The summed E-state index contributed by atoms with van der Waals surface area (Å²) >= 11 is 0. The van der Waals surface area contributed by atoms with Gasteiger partial charge in [0.25, 0.3) is 0 Å². The highest BCUT2D eigenvalue weighted by atomic mass is 15.0. The van der Waals surface area contributed by atoms with Crippen molar-refractivity contribution in [3.63, 3.8) is 0 Å². The highest BCUT2D eigenvalue weighted by Gasteiger charge is 2.14. The molecule has 0 atom stereocenters. The molecule has 0 saturated heterocycles. The maximum atomic E-state index is 4.63. The maximum Gasteiger partial charge on any atom is 0.103 e. The SMILES string of the molecule is C=C1NC(C)=Nc2ccccc2-c2ccccc21.Cc1c(C)c2cccnc2c2c1=CCCN=2.Cc1cc2ccccc2n1C. The molecule has 0 radical (unpaired) electrons. The van der Waals surface area contributed by atoms with Crippen molar-refractivity contribution >= 4 is 45.1 Å². The number of aryl methyl sites for hydroxylation is 3. The van der Waals surface area contributed by atoms with Crippen LogP contribution in [0.3, 0.4) is 0 Å². The number of amidine groups is 1. The zero-order valence-electron chi connectivity index (χ0n) is 26.7. The van der Waals surface area contributed by atoms with Crippen LogP contribution in [0.4, 0.5) is 5.69 Å². The number of para-hydroxylation sites is 2. The molecule has 0 bridgehead atoms. The summed E-state index contributed by atoms with van der Waals surface area (Å²) in [6.45, 7) is 13.4. The van der Waals surface area contributed by atoms with Crippen molar-refractivity contribution in [1.29, 1.82) is 0 Å². The van der Waals surface area contributed by atoms with E-state index in [4.69, 9.17) is 0 Å². The van der Waals surface area contributed by atoms with Gasteiger partial charge in [-0.15, -0.1) is 0 Å². The van der Waals surface area contributed by atoms with Gasteiger partial charge in [-0.3, -0.25) is 9.98 Å². The molecule has 45 heavy (non-hydrogen) atoms. The van der Waals surface area contributed by atoms with E-state index in [0.717, 1.165) is 52.2 Å². The van der Waals surface area contributed by atoms with E-state index >= 15 is 0 Å². The van der Waals surface area contributed by atoms with E-state index in [1.165, 1.54) is 43.9 Å². The Bertz CT molecular complexity index is 2220. The van der Waals surface area contributed by atoms with Gasteiger partial charge in [-0.25, -0.2) is 4.99 Å². The summed E-state index contributed by atoms with van der Waals surface area (Å²) in [6, 6.07) is 31.2. The Kier molecular flexibility index (Phi) is 8.43. The molecule has 4 aromatic carbocycles. The number of aliphatic imine (C=N–C) groups is 1. The summed E-state index contributed by atoms with van der Waals surface area (Å²) < 4.78 is 2.20. The third kappa shape index (κ3) is 5.94. The summed E-state index contributed by atoms with van der Waals surface area (Å²) in [5.41, 5.74) is 11.7. The first-order valence-electron chi connectivity index (χ1n) is 15.4. The number of nitrogens with one attached hydrogen (secondary N) is 1. The lowest BCUT2D eigenvalue weighted by Gasteiger charge is -2.18. The Hall–Kier alpha value is -5.29. The first-order valence-corrected chi connectivity index (χ1v) is 15.4. The number of pyridine rings is 1. The second kappa shape index (κ2) is 12.7. The van der Waals surface area contributed by atoms with Crippen LogP contribution >= 0.6 is 0 Å². The van der Waals surface area contributed by atoms with Crippen LogP contribution in [0.2, 0.25) is 0 Å². The number of hydrogen-bond donors (Lipinski definition) is 1. The van der Waals surface area contributed by atoms with E-state index in [1.807, 2.05) is 49.5 Å². The zero-order valence-corrected chi connectivity index (χ0v) is 26.7. The second-order valence-electron chi connectivity index (χ2n) is 11.6. The molecular weight excluding hydrogens is 550 g/mol. The molecular formula is C40H39N5. The number of benzene rings is 4. The molecule has 0 aliphatic carbocycles. The van der Waals surface area contributed by atoms with Crippen molar-refractivity contribution in [3.05, 3.63) is 137 Å². The lowest BCUT2D eigenvalue weighted by Crippen LogP contribution is -2.32. The molecule has 1 N–H and O–H groups in total. The molecule has 2 aromatic heterocycles. The molecule has 8 rings (SSSR count). The largest absolute Gasteiger partial charge is 0.348 e. The smallest absolute Gasteiger partial charge is 0.103 e. The molecule has 224 valence electrons. The number of nitrogens with zero attached hydrogens (tertiary/aromatic N) is 4. The van der Waals surface area contributed by atoms with E-state index in [9.17, 15) is 0 Å². The summed E-state index contributed by atoms with van der Waals surface area (Å²) in [6.07, 6.45) is 5.19. The van der Waals surface area contributed by atoms with E-state index in [0.29, 0.717) is 0 Å². The van der Waals surface area contributed by atoms with E-state index < -0.39 is 0 Å². The third-order valence-electron chi connectivity index (χ3n) is 8.66. The highest BCUT2D eigenvalue weighted by Crippen LogP contribution is 2.35. The highest BCUT2D eigenvalue weighted by molar-refractivity contribution is 5.97. The molecule has 0 saturated carbocycles. The van der Waals surface area contributed by atoms with Crippen LogP contribution in [0.1, 0.15) is 35.7 Å². The monoisotopic (exact) mass is 589 g/mol. The van der Waals surface area contributed by atoms with E-state index in [2.05, 4.69) is 120 Å². The number of aromatic nitrogens is 2. The molecule has 0 spiro atoms. The molecule has 2 aliphatic rings. The summed E-state index contributed by atoms with van der Waals surface area (Å²) in [5.74, 6) is 0.863. The van der Waals surface area contributed by atoms with Crippen LogP contribution in [0, 0.1) is 20.8 Å². The maximum absolute atomic E-state index is 4.63. The van der Waals surface area contributed by atoms with Crippen molar-refractivity contribution in [2.75, 3.05) is 6.54 Å². The fourth-order valence-electron chi connectivity index (χ4n) is 6.10. The van der Waals surface area contributed by atoms with Crippen LogP contribution in [0.25, 0.3) is 44.7 Å². The van der Waals surface area contributed by atoms with Crippen LogP contribution in [0.5, 0.6) is 0 Å². The normalized spacial score (nSPS) is 13.1. The first-order chi connectivity index (χ1) is 21.8. The molecule has 2 aliphatic heterocycles. The van der Waals surface area contributed by atoms with Gasteiger partial charge < -0.3 is 9.88 Å². The Morgan fingerprint density at radius 1 is 0.778 bits per heavy atom. The van der Waals surface area contributed by atoms with Crippen LogP contribution < -0.4 is 15.9 Å². The lowest BCUT2D eigenvalue weighted by molar-refractivity contribution is 0.918. The van der Waals surface area contributed by atoms with Crippen molar-refractivity contribution in [2.24, 2.45) is 17.0 Å². The van der Waals surface area contributed by atoms with Crippen LogP contribution in [-0.2, 0) is 7.05 Å². The van der Waals surface area contributed by atoms with Crippen molar-refractivity contribution in [2.45, 2.75) is 34.1 Å². The van der Waals surface area contributed by atoms with Gasteiger partial charge >= 0.3 is 0 Å². The number of fused-ring (bicyclic) bond motifs is 7. The minimum absolute atomic E-state index is 0.863. The number of rotatable bonds is 0. The quantitative estimate of drug-likeness (QED) is 0.195. The van der Waals surface area contributed by atoms with Crippen molar-refractivity contribution < 1.29 is 0 Å². The lowest BCUT2D eigenvalue weighted by atomic mass is 9.96. The van der Waals surface area contributed by atoms with Crippen LogP contribution in [0.15, 0.2) is 114 Å². The molecule has 0 fully saturated rings. The van der Waals surface area contributed by atoms with E-state index in [1.54, 1.807) is 0 Å². The Labute approximate surface area is 265 Å². The Balaban J connectivity index is 0.000000122. The zero-order chi connectivity index (χ0) is 31.5. The minimum Gasteiger partial charge on any atom is -0.348 e. The first kappa shape index (κ1) is 29.8. The van der Waals surface area contributed by atoms with Gasteiger partial charge in [0, 0.05) is 58.4 Å². The number of hydrogen-bond acceptors (Lipinski definition) is 4. The van der Waals surface area contributed by atoms with Gasteiger partial charge in [0.1, 0.15) is 5.84 Å². The van der Waals surface area contributed by atoms with Crippen molar-refractivity contribution in [3.8, 4) is 11.1 Å². The molecule has 4 heterocycles. The van der Waals surface area contributed by atoms with Gasteiger partial charge in [-0.05, 0) is 80.5 Å². The average molecular weight is 590 g/mol. The van der Waals surface area contributed by atoms with Gasteiger partial charge in [0.05, 0.1) is 16.6 Å². The summed E-state index contributed by atoms with van der Waals surface area (Å²) in [4.78, 5) is 13.7. The topological polar surface area (TPSA) is 54.6 Å². The summed E-state index contributed by atoms with van der Waals surface area (Å²) in [5, 5.41) is 8.17. The molecule has 0 unspecified atom stereocenters. The molecule has 6 aromatic rings. The third-order valence-corrected chi connectivity index (χ3v) is 8.66. The average Bonchev–Trinajstić information content (AvgIpc) is 3.36. The fourth-order valence-corrected chi connectivity index (χ4v) is 6.10. The van der Waals surface area contributed by atoms with Gasteiger partial charge in [0.2, 0.25) is 0 Å². The van der Waals surface area contributed by atoms with Crippen molar-refractivity contribution in [1.82, 2.24) is 14.9 Å². The predicted molar refractivity (Wildman–Crippen MR) is 190 cm³/mol. The molecule has 0 amide bonds. The molecule has 5 heteroatoms. The fraction of sp³-hybridized carbons (Fsp3) is 0.175. The van der Waals surface area contributed by atoms with Gasteiger partial charge in [-0.2, -0.15) is 0 Å². The van der Waals surface area contributed by atoms with Gasteiger partial charge in [0.15, 0.2) is 0 Å². The Morgan fingerprint density at radius 2 is 1.49 bits per heavy atom. The minimum atomic E-state index is 0.863. The van der Waals surface area contributed by atoms with Gasteiger partial charge in [-0.1, -0.05) is 79.4 Å². The second-order valence-corrected chi connectivity index (χ2v) is 11.6. The summed E-state index contributed by atoms with van der Waals surface area (Å²) in [7, 11) is 2.09. The molecule has 5 nitrogen and oxygen atoms in total. The Morgan fingerprint density at radius 3 is 2.29 bits per heavy atom. The predicted octanol–water partition coefficient (Wildman–Crippen LogP) is 8.12.